The quantitative estimate of drug-likeness (QED) is 0.836. The summed E-state index contributed by atoms with van der Waals surface area (Å²) in [4.78, 5) is 0. The Balaban J connectivity index is 2.14. The number of hydrogen-bond acceptors (Lipinski definition) is 3. The van der Waals surface area contributed by atoms with Crippen molar-refractivity contribution < 1.29 is 9.47 Å². The first-order chi connectivity index (χ1) is 7.29. The van der Waals surface area contributed by atoms with Crippen molar-refractivity contribution in [2.45, 2.75) is 0 Å². The number of hydrogen-bond donors (Lipinski definition) is 0. The minimum Gasteiger partial charge on any atom is -0.497 e. The summed E-state index contributed by atoms with van der Waals surface area (Å²) >= 11 is 4.97. The van der Waals surface area contributed by atoms with Crippen LogP contribution in [-0.4, -0.2) is 7.11 Å². The molecule has 15 heavy (non-hydrogen) atoms. The van der Waals surface area contributed by atoms with Crippen molar-refractivity contribution in [3.63, 3.8) is 0 Å². The summed E-state index contributed by atoms with van der Waals surface area (Å²) in [6.07, 6.45) is 0. The standard InChI is InChI=1S/C11H9BrO2S/c1-13-8-2-4-9(5-3-8)14-11-10(12)6-7-15-11/h2-7H,1H3. The van der Waals surface area contributed by atoms with Crippen LogP contribution in [0.4, 0.5) is 0 Å². The zero-order chi connectivity index (χ0) is 10.7. The number of methoxy groups -OCH3 is 1. The van der Waals surface area contributed by atoms with Crippen LogP contribution in [-0.2, 0) is 0 Å². The summed E-state index contributed by atoms with van der Waals surface area (Å²) in [5, 5.41) is 2.84. The second-order valence-electron chi connectivity index (χ2n) is 2.83. The van der Waals surface area contributed by atoms with Crippen molar-refractivity contribution >= 4 is 27.3 Å². The highest BCUT2D eigenvalue weighted by atomic mass is 79.9. The van der Waals surface area contributed by atoms with E-state index in [1.54, 1.807) is 18.4 Å². The molecule has 0 aliphatic heterocycles. The average Bonchev–Trinajstić information content (AvgIpc) is 2.66. The lowest BCUT2D eigenvalue weighted by molar-refractivity contribution is 0.413. The Morgan fingerprint density at radius 3 is 2.27 bits per heavy atom. The van der Waals surface area contributed by atoms with Gasteiger partial charge in [0.2, 0.25) is 0 Å². The summed E-state index contributed by atoms with van der Waals surface area (Å²) in [5.41, 5.74) is 0. The van der Waals surface area contributed by atoms with Crippen molar-refractivity contribution in [3.05, 3.63) is 40.2 Å². The highest BCUT2D eigenvalue weighted by Crippen LogP contribution is 2.35. The molecule has 0 unspecified atom stereocenters. The Bertz CT molecular complexity index is 436. The maximum atomic E-state index is 5.66. The van der Waals surface area contributed by atoms with E-state index in [-0.39, 0.29) is 0 Å². The fourth-order valence-electron chi connectivity index (χ4n) is 1.10. The zero-order valence-corrected chi connectivity index (χ0v) is 10.5. The molecule has 2 rings (SSSR count). The van der Waals surface area contributed by atoms with Gasteiger partial charge in [0.05, 0.1) is 11.6 Å². The minimum absolute atomic E-state index is 0.805. The molecule has 0 spiro atoms. The van der Waals surface area contributed by atoms with Gasteiger partial charge in [-0.3, -0.25) is 0 Å². The Morgan fingerprint density at radius 1 is 1.07 bits per heavy atom. The fraction of sp³-hybridized carbons (Fsp3) is 0.0909. The summed E-state index contributed by atoms with van der Waals surface area (Å²) in [7, 11) is 1.64. The van der Waals surface area contributed by atoms with Gasteiger partial charge < -0.3 is 9.47 Å². The highest BCUT2D eigenvalue weighted by Gasteiger charge is 2.03. The monoisotopic (exact) mass is 284 g/mol. The Kier molecular flexibility index (Phi) is 3.28. The van der Waals surface area contributed by atoms with Crippen LogP contribution in [0.3, 0.4) is 0 Å². The molecule has 1 heterocycles. The van der Waals surface area contributed by atoms with E-state index in [2.05, 4.69) is 15.9 Å². The van der Waals surface area contributed by atoms with Crippen LogP contribution < -0.4 is 9.47 Å². The van der Waals surface area contributed by atoms with Crippen LogP contribution in [0.2, 0.25) is 0 Å². The Labute approximate surface area is 101 Å². The molecule has 1 aromatic carbocycles. The van der Waals surface area contributed by atoms with Crippen LogP contribution in [0.15, 0.2) is 40.2 Å². The third kappa shape index (κ3) is 2.52. The van der Waals surface area contributed by atoms with Gasteiger partial charge in [0.15, 0.2) is 5.06 Å². The molecule has 0 aliphatic carbocycles. The van der Waals surface area contributed by atoms with Crippen LogP contribution in [0, 0.1) is 0 Å². The predicted molar refractivity (Wildman–Crippen MR) is 65.1 cm³/mol. The maximum absolute atomic E-state index is 5.66. The molecular weight excluding hydrogens is 276 g/mol. The first-order valence-corrected chi connectivity index (χ1v) is 6.02. The van der Waals surface area contributed by atoms with Crippen molar-refractivity contribution in [1.29, 1.82) is 0 Å². The molecule has 0 atom stereocenters. The SMILES string of the molecule is COc1ccc(Oc2sccc2Br)cc1. The molecule has 1 aromatic heterocycles. The molecule has 2 aromatic rings. The molecule has 4 heteroatoms. The van der Waals surface area contributed by atoms with Crippen molar-refractivity contribution in [3.8, 4) is 16.6 Å². The predicted octanol–water partition coefficient (Wildman–Crippen LogP) is 4.31. The van der Waals surface area contributed by atoms with Gasteiger partial charge in [0, 0.05) is 0 Å². The molecule has 0 bridgehead atoms. The molecule has 78 valence electrons. The zero-order valence-electron chi connectivity index (χ0n) is 8.07. The minimum atomic E-state index is 0.805. The third-order valence-electron chi connectivity index (χ3n) is 1.85. The second-order valence-corrected chi connectivity index (χ2v) is 4.57. The van der Waals surface area contributed by atoms with E-state index in [0.717, 1.165) is 21.0 Å². The lowest BCUT2D eigenvalue weighted by Gasteiger charge is -2.04. The topological polar surface area (TPSA) is 18.5 Å². The normalized spacial score (nSPS) is 10.0. The second kappa shape index (κ2) is 4.68. The summed E-state index contributed by atoms with van der Waals surface area (Å²) < 4.78 is 11.7. The van der Waals surface area contributed by atoms with E-state index >= 15 is 0 Å². The molecule has 0 amide bonds. The summed E-state index contributed by atoms with van der Waals surface area (Å²) in [6.45, 7) is 0. The maximum Gasteiger partial charge on any atom is 0.195 e. The number of thiophene rings is 1. The number of benzene rings is 1. The van der Waals surface area contributed by atoms with Crippen molar-refractivity contribution in [2.75, 3.05) is 7.11 Å². The van der Waals surface area contributed by atoms with Gasteiger partial charge in [-0.15, -0.1) is 11.3 Å². The lowest BCUT2D eigenvalue weighted by Crippen LogP contribution is -1.84. The Morgan fingerprint density at radius 2 is 1.73 bits per heavy atom. The van der Waals surface area contributed by atoms with E-state index < -0.39 is 0 Å². The molecular formula is C11H9BrO2S. The van der Waals surface area contributed by atoms with Crippen molar-refractivity contribution in [2.24, 2.45) is 0 Å². The first-order valence-electron chi connectivity index (χ1n) is 4.34. The summed E-state index contributed by atoms with van der Waals surface area (Å²) in [6, 6.07) is 9.47. The van der Waals surface area contributed by atoms with Crippen LogP contribution in [0.1, 0.15) is 0 Å². The van der Waals surface area contributed by atoms with Gasteiger partial charge in [-0.1, -0.05) is 0 Å². The molecule has 0 saturated heterocycles. The van der Waals surface area contributed by atoms with Crippen LogP contribution >= 0.6 is 27.3 Å². The number of ether oxygens (including phenoxy) is 2. The van der Waals surface area contributed by atoms with E-state index in [1.807, 2.05) is 35.7 Å². The van der Waals surface area contributed by atoms with E-state index in [4.69, 9.17) is 9.47 Å². The smallest absolute Gasteiger partial charge is 0.195 e. The first kappa shape index (κ1) is 10.5. The molecule has 0 aliphatic rings. The number of rotatable bonds is 3. The summed E-state index contributed by atoms with van der Waals surface area (Å²) in [5.74, 6) is 1.63. The van der Waals surface area contributed by atoms with E-state index in [0.29, 0.717) is 0 Å². The number of halogens is 1. The van der Waals surface area contributed by atoms with E-state index in [1.165, 1.54) is 0 Å². The highest BCUT2D eigenvalue weighted by molar-refractivity contribution is 9.10. The Hall–Kier alpha value is -1.00. The molecule has 0 radical (unpaired) electrons. The van der Waals surface area contributed by atoms with Gasteiger partial charge in [-0.25, -0.2) is 0 Å². The van der Waals surface area contributed by atoms with Gasteiger partial charge in [-0.05, 0) is 51.6 Å². The van der Waals surface area contributed by atoms with Crippen LogP contribution in [0.5, 0.6) is 16.6 Å². The third-order valence-corrected chi connectivity index (χ3v) is 3.53. The molecule has 0 N–H and O–H groups in total. The van der Waals surface area contributed by atoms with Gasteiger partial charge >= 0.3 is 0 Å². The fourth-order valence-corrected chi connectivity index (χ4v) is 2.42. The molecule has 2 nitrogen and oxygen atoms in total. The molecule has 0 saturated carbocycles. The van der Waals surface area contributed by atoms with Gasteiger partial charge in [-0.2, -0.15) is 0 Å². The van der Waals surface area contributed by atoms with E-state index in [9.17, 15) is 0 Å². The van der Waals surface area contributed by atoms with Gasteiger partial charge in [0.1, 0.15) is 11.5 Å². The van der Waals surface area contributed by atoms with Crippen LogP contribution in [0.25, 0.3) is 0 Å². The van der Waals surface area contributed by atoms with Gasteiger partial charge in [0.25, 0.3) is 0 Å². The average molecular weight is 285 g/mol. The van der Waals surface area contributed by atoms with Crippen molar-refractivity contribution in [1.82, 2.24) is 0 Å². The lowest BCUT2D eigenvalue weighted by atomic mass is 10.3. The molecule has 0 fully saturated rings. The largest absolute Gasteiger partial charge is 0.497 e.